The molecule has 0 aromatic heterocycles. The maximum absolute atomic E-state index is 11.9. The molecule has 0 radical (unpaired) electrons. The molecule has 1 aromatic rings. The summed E-state index contributed by atoms with van der Waals surface area (Å²) >= 11 is 0. The molecule has 1 heterocycles. The largest absolute Gasteiger partial charge is 0.489 e. The summed E-state index contributed by atoms with van der Waals surface area (Å²) < 4.78 is 10.9. The number of benzene rings is 1. The molecule has 1 aliphatic rings. The smallest absolute Gasteiger partial charge is 0.323 e. The number of likely N-dealkylation sites (tertiary alicyclic amines) is 1. The topological polar surface area (TPSA) is 38.8 Å². The van der Waals surface area contributed by atoms with Crippen LogP contribution in [0.1, 0.15) is 26.2 Å². The van der Waals surface area contributed by atoms with E-state index < -0.39 is 0 Å². The molecule has 0 unspecified atom stereocenters. The van der Waals surface area contributed by atoms with Gasteiger partial charge in [0.25, 0.3) is 0 Å². The molecule has 0 N–H and O–H groups in total. The van der Waals surface area contributed by atoms with Crippen molar-refractivity contribution in [2.45, 2.75) is 38.3 Å². The fraction of sp³-hybridized carbons (Fsp3) is 0.562. The third-order valence-corrected chi connectivity index (χ3v) is 3.68. The molecular formula is C16H23NO3. The second kappa shape index (κ2) is 7.29. The average molecular weight is 277 g/mol. The van der Waals surface area contributed by atoms with Crippen LogP contribution in [-0.2, 0) is 9.53 Å². The molecule has 1 saturated heterocycles. The Morgan fingerprint density at radius 1 is 1.35 bits per heavy atom. The molecule has 0 spiro atoms. The Bertz CT molecular complexity index is 421. The summed E-state index contributed by atoms with van der Waals surface area (Å²) in [5, 5.41) is 0. The highest BCUT2D eigenvalue weighted by Gasteiger charge is 2.38. The number of methoxy groups -OCH3 is 1. The lowest BCUT2D eigenvalue weighted by Gasteiger charge is -2.21. The first-order valence-electron chi connectivity index (χ1n) is 7.28. The maximum Gasteiger partial charge on any atom is 0.323 e. The van der Waals surface area contributed by atoms with Crippen molar-refractivity contribution >= 4 is 5.97 Å². The number of rotatable bonds is 6. The van der Waals surface area contributed by atoms with Crippen LogP contribution in [0.15, 0.2) is 30.3 Å². The van der Waals surface area contributed by atoms with Crippen molar-refractivity contribution in [3.8, 4) is 5.75 Å². The zero-order valence-electron chi connectivity index (χ0n) is 12.2. The van der Waals surface area contributed by atoms with Crippen LogP contribution in [0.5, 0.6) is 5.75 Å². The van der Waals surface area contributed by atoms with Gasteiger partial charge in [-0.15, -0.1) is 0 Å². The molecule has 20 heavy (non-hydrogen) atoms. The van der Waals surface area contributed by atoms with Crippen LogP contribution in [0.2, 0.25) is 0 Å². The van der Waals surface area contributed by atoms with Crippen molar-refractivity contribution in [3.63, 3.8) is 0 Å². The minimum absolute atomic E-state index is 0.0540. The van der Waals surface area contributed by atoms with E-state index in [0.29, 0.717) is 6.42 Å². The molecule has 4 nitrogen and oxygen atoms in total. The van der Waals surface area contributed by atoms with Crippen LogP contribution >= 0.6 is 0 Å². The van der Waals surface area contributed by atoms with Gasteiger partial charge in [0.1, 0.15) is 17.9 Å². The van der Waals surface area contributed by atoms with E-state index in [1.165, 1.54) is 7.11 Å². The number of esters is 1. The molecule has 0 bridgehead atoms. The van der Waals surface area contributed by atoms with E-state index >= 15 is 0 Å². The predicted molar refractivity (Wildman–Crippen MR) is 77.8 cm³/mol. The van der Waals surface area contributed by atoms with Crippen LogP contribution in [0.4, 0.5) is 0 Å². The molecule has 1 fully saturated rings. The van der Waals surface area contributed by atoms with Gasteiger partial charge < -0.3 is 9.47 Å². The van der Waals surface area contributed by atoms with Crippen LogP contribution in [0.3, 0.4) is 0 Å². The maximum atomic E-state index is 11.9. The molecule has 1 aliphatic heterocycles. The molecule has 0 amide bonds. The SMILES string of the molecule is CCCCN1C[C@@H](Oc2ccccc2)C[C@H]1C(=O)OC. The monoisotopic (exact) mass is 277 g/mol. The van der Waals surface area contributed by atoms with Gasteiger partial charge in [0, 0.05) is 13.0 Å². The van der Waals surface area contributed by atoms with Gasteiger partial charge in [0.15, 0.2) is 0 Å². The van der Waals surface area contributed by atoms with E-state index in [1.807, 2.05) is 30.3 Å². The Morgan fingerprint density at radius 3 is 2.75 bits per heavy atom. The molecule has 0 saturated carbocycles. The van der Waals surface area contributed by atoms with Gasteiger partial charge in [0.05, 0.1) is 7.11 Å². The Labute approximate surface area is 120 Å². The van der Waals surface area contributed by atoms with Gasteiger partial charge in [0.2, 0.25) is 0 Å². The van der Waals surface area contributed by atoms with E-state index in [1.54, 1.807) is 0 Å². The van der Waals surface area contributed by atoms with Gasteiger partial charge in [-0.1, -0.05) is 31.5 Å². The van der Waals surface area contributed by atoms with E-state index in [0.717, 1.165) is 31.7 Å². The Balaban J connectivity index is 1.97. The third-order valence-electron chi connectivity index (χ3n) is 3.68. The summed E-state index contributed by atoms with van der Waals surface area (Å²) in [6, 6.07) is 9.60. The van der Waals surface area contributed by atoms with E-state index in [4.69, 9.17) is 9.47 Å². The highest BCUT2D eigenvalue weighted by atomic mass is 16.5. The fourth-order valence-electron chi connectivity index (χ4n) is 2.63. The molecule has 0 aliphatic carbocycles. The van der Waals surface area contributed by atoms with Crippen molar-refractivity contribution in [1.82, 2.24) is 4.90 Å². The highest BCUT2D eigenvalue weighted by molar-refractivity contribution is 5.76. The first-order chi connectivity index (χ1) is 9.74. The predicted octanol–water partition coefficient (Wildman–Crippen LogP) is 2.48. The van der Waals surface area contributed by atoms with Crippen molar-refractivity contribution in [2.75, 3.05) is 20.2 Å². The number of para-hydroxylation sites is 1. The highest BCUT2D eigenvalue weighted by Crippen LogP contribution is 2.24. The summed E-state index contributed by atoms with van der Waals surface area (Å²) in [6.45, 7) is 3.86. The number of hydrogen-bond donors (Lipinski definition) is 0. The fourth-order valence-corrected chi connectivity index (χ4v) is 2.63. The molecule has 4 heteroatoms. The summed E-state index contributed by atoms with van der Waals surface area (Å²) in [5.74, 6) is 0.707. The molecule has 2 rings (SSSR count). The van der Waals surface area contributed by atoms with E-state index in [-0.39, 0.29) is 18.1 Å². The molecular weight excluding hydrogens is 254 g/mol. The Morgan fingerprint density at radius 2 is 2.10 bits per heavy atom. The zero-order valence-corrected chi connectivity index (χ0v) is 12.2. The second-order valence-electron chi connectivity index (χ2n) is 5.18. The quantitative estimate of drug-likeness (QED) is 0.749. The molecule has 2 atom stereocenters. The third kappa shape index (κ3) is 3.73. The van der Waals surface area contributed by atoms with Gasteiger partial charge >= 0.3 is 5.97 Å². The first kappa shape index (κ1) is 14.9. The van der Waals surface area contributed by atoms with Crippen molar-refractivity contribution in [1.29, 1.82) is 0 Å². The number of carbonyl (C=O) groups is 1. The number of hydrogen-bond acceptors (Lipinski definition) is 4. The summed E-state index contributed by atoms with van der Waals surface area (Å²) in [6.07, 6.45) is 2.96. The minimum Gasteiger partial charge on any atom is -0.489 e. The van der Waals surface area contributed by atoms with Crippen LogP contribution < -0.4 is 4.74 Å². The Hall–Kier alpha value is -1.55. The average Bonchev–Trinajstić information content (AvgIpc) is 2.88. The number of nitrogens with zero attached hydrogens (tertiary/aromatic N) is 1. The van der Waals surface area contributed by atoms with Crippen molar-refractivity contribution < 1.29 is 14.3 Å². The summed E-state index contributed by atoms with van der Waals surface area (Å²) in [5.41, 5.74) is 0. The van der Waals surface area contributed by atoms with Gasteiger partial charge in [-0.05, 0) is 25.1 Å². The lowest BCUT2D eigenvalue weighted by atomic mass is 10.2. The minimum atomic E-state index is -0.166. The van der Waals surface area contributed by atoms with E-state index in [9.17, 15) is 4.79 Å². The van der Waals surface area contributed by atoms with Crippen LogP contribution in [0.25, 0.3) is 0 Å². The van der Waals surface area contributed by atoms with Crippen LogP contribution in [-0.4, -0.2) is 43.2 Å². The summed E-state index contributed by atoms with van der Waals surface area (Å²) in [4.78, 5) is 14.0. The van der Waals surface area contributed by atoms with Crippen LogP contribution in [0, 0.1) is 0 Å². The lowest BCUT2D eigenvalue weighted by molar-refractivity contribution is -0.145. The number of carbonyl (C=O) groups excluding carboxylic acids is 1. The second-order valence-corrected chi connectivity index (χ2v) is 5.18. The zero-order chi connectivity index (χ0) is 14.4. The van der Waals surface area contributed by atoms with Crippen molar-refractivity contribution in [3.05, 3.63) is 30.3 Å². The molecule has 110 valence electrons. The first-order valence-corrected chi connectivity index (χ1v) is 7.28. The molecule has 1 aromatic carbocycles. The normalized spacial score (nSPS) is 22.7. The van der Waals surface area contributed by atoms with Gasteiger partial charge in [-0.25, -0.2) is 0 Å². The van der Waals surface area contributed by atoms with Gasteiger partial charge in [-0.2, -0.15) is 0 Å². The lowest BCUT2D eigenvalue weighted by Crippen LogP contribution is -2.37. The standard InChI is InChI=1S/C16H23NO3/c1-3-4-10-17-12-14(11-15(17)16(18)19-2)20-13-8-6-5-7-9-13/h5-9,14-15H,3-4,10-12H2,1-2H3/t14-,15-/m0/s1. The summed E-state index contributed by atoms with van der Waals surface area (Å²) in [7, 11) is 1.45. The number of ether oxygens (including phenoxy) is 2. The van der Waals surface area contributed by atoms with Gasteiger partial charge in [-0.3, -0.25) is 9.69 Å². The van der Waals surface area contributed by atoms with E-state index in [2.05, 4.69) is 11.8 Å². The number of unbranched alkanes of at least 4 members (excludes halogenated alkanes) is 1. The Kier molecular flexibility index (Phi) is 5.41. The van der Waals surface area contributed by atoms with Crippen molar-refractivity contribution in [2.24, 2.45) is 0 Å².